The molecule has 0 aromatic heterocycles. The summed E-state index contributed by atoms with van der Waals surface area (Å²) in [5.41, 5.74) is 8.26. The van der Waals surface area contributed by atoms with Crippen molar-refractivity contribution < 1.29 is 9.47 Å². The predicted molar refractivity (Wildman–Crippen MR) is 123 cm³/mol. The molecule has 7 heteroatoms. The maximum absolute atomic E-state index is 6.07. The minimum atomic E-state index is 0.403. The highest BCUT2D eigenvalue weighted by Crippen LogP contribution is 2.29. The molecule has 1 saturated heterocycles. The molecule has 0 bridgehead atoms. The third-order valence-corrected chi connectivity index (χ3v) is 5.42. The summed E-state index contributed by atoms with van der Waals surface area (Å²) in [6.07, 6.45) is 0.960. The van der Waals surface area contributed by atoms with Crippen molar-refractivity contribution in [3.05, 3.63) is 54.1 Å². The number of hydrogen-bond donors (Lipinski definition) is 2. The van der Waals surface area contributed by atoms with E-state index in [1.54, 1.807) is 14.2 Å². The van der Waals surface area contributed by atoms with Crippen molar-refractivity contribution in [3.8, 4) is 11.5 Å². The van der Waals surface area contributed by atoms with E-state index in [0.717, 1.165) is 38.3 Å². The molecule has 2 aromatic carbocycles. The predicted octanol–water partition coefficient (Wildman–Crippen LogP) is 2.81. The molecule has 3 rings (SSSR count). The molecule has 1 unspecified atom stereocenters. The lowest BCUT2D eigenvalue weighted by molar-refractivity contribution is 0.0894. The summed E-state index contributed by atoms with van der Waals surface area (Å²) in [5.74, 6) is 1.73. The van der Waals surface area contributed by atoms with Crippen molar-refractivity contribution in [2.75, 3.05) is 59.3 Å². The first kappa shape index (κ1) is 21.9. The van der Waals surface area contributed by atoms with Gasteiger partial charge in [0.25, 0.3) is 0 Å². The monoisotopic (exact) mass is 411 g/mol. The molecule has 1 aliphatic rings. The summed E-state index contributed by atoms with van der Waals surface area (Å²) in [7, 11) is 5.42. The van der Waals surface area contributed by atoms with E-state index in [9.17, 15) is 0 Å². The Morgan fingerprint density at radius 2 is 1.87 bits per heavy atom. The Morgan fingerprint density at radius 3 is 2.60 bits per heavy atom. The molecular formula is C23H33N5O2. The topological polar surface area (TPSA) is 75.4 Å². The van der Waals surface area contributed by atoms with E-state index in [0.29, 0.717) is 30.0 Å². The molecule has 1 fully saturated rings. The normalized spacial score (nSPS) is 18.2. The lowest BCUT2D eigenvalue weighted by Gasteiger charge is -2.40. The molecule has 0 saturated carbocycles. The lowest BCUT2D eigenvalue weighted by atomic mass is 10.0. The Balaban J connectivity index is 1.52. The molecule has 0 radical (unpaired) electrons. The van der Waals surface area contributed by atoms with Crippen molar-refractivity contribution in [2.45, 2.75) is 12.5 Å². The van der Waals surface area contributed by atoms with Crippen LogP contribution in [0.5, 0.6) is 11.5 Å². The highest BCUT2D eigenvalue weighted by Gasteiger charge is 2.25. The van der Waals surface area contributed by atoms with Crippen LogP contribution in [0.1, 0.15) is 18.0 Å². The van der Waals surface area contributed by atoms with Gasteiger partial charge in [-0.2, -0.15) is 0 Å². The first-order valence-electron chi connectivity index (χ1n) is 10.4. The number of nitrogens with zero attached hydrogens (tertiary/aromatic N) is 3. The molecule has 1 atom stereocenters. The number of guanidine groups is 1. The van der Waals surface area contributed by atoms with Gasteiger partial charge in [-0.1, -0.05) is 30.3 Å². The smallest absolute Gasteiger partial charge is 0.193 e. The second kappa shape index (κ2) is 10.8. The average Bonchev–Trinajstić information content (AvgIpc) is 2.78. The molecule has 1 heterocycles. The van der Waals surface area contributed by atoms with E-state index in [1.807, 2.05) is 18.2 Å². The lowest BCUT2D eigenvalue weighted by Crippen LogP contribution is -2.47. The molecule has 30 heavy (non-hydrogen) atoms. The molecule has 2 aromatic rings. The number of nitrogens with two attached hydrogens (primary N) is 1. The number of anilines is 1. The molecule has 0 spiro atoms. The molecule has 3 N–H and O–H groups in total. The summed E-state index contributed by atoms with van der Waals surface area (Å²) in [6, 6.07) is 16.7. The maximum atomic E-state index is 6.07. The van der Waals surface area contributed by atoms with Gasteiger partial charge >= 0.3 is 0 Å². The zero-order valence-electron chi connectivity index (χ0n) is 18.2. The second-order valence-corrected chi connectivity index (χ2v) is 7.54. The van der Waals surface area contributed by atoms with E-state index >= 15 is 0 Å². The number of nitrogens with one attached hydrogen (secondary N) is 1. The largest absolute Gasteiger partial charge is 0.493 e. The van der Waals surface area contributed by atoms with E-state index in [1.165, 1.54) is 5.56 Å². The van der Waals surface area contributed by atoms with Crippen LogP contribution in [-0.2, 0) is 0 Å². The third-order valence-electron chi connectivity index (χ3n) is 5.42. The van der Waals surface area contributed by atoms with Crippen LogP contribution in [-0.4, -0.2) is 69.8 Å². The zero-order chi connectivity index (χ0) is 21.3. The van der Waals surface area contributed by atoms with E-state index in [2.05, 4.69) is 57.5 Å². The number of hydrogen-bond acceptors (Lipinski definition) is 5. The number of likely N-dealkylation sites (N-methyl/N-ethyl adjacent to an activating group) is 1. The van der Waals surface area contributed by atoms with E-state index in [-0.39, 0.29) is 0 Å². The highest BCUT2D eigenvalue weighted by atomic mass is 16.5. The van der Waals surface area contributed by atoms with Crippen LogP contribution < -0.4 is 20.5 Å². The summed E-state index contributed by atoms with van der Waals surface area (Å²) in [6.45, 7) is 4.89. The number of benzene rings is 2. The number of aliphatic imine (C=N–C) groups is 1. The standard InChI is InChI=1S/C23H33N5O2/c1-27-14-15-28(20(17-27)18-8-5-4-6-9-18)13-7-12-25-23(24)26-19-10-11-21(29-2)22(16-19)30-3/h4-6,8-11,16,20H,7,12-15,17H2,1-3H3,(H3,24,25,26). The molecular weight excluding hydrogens is 378 g/mol. The van der Waals surface area contributed by atoms with Crippen molar-refractivity contribution in [1.82, 2.24) is 9.80 Å². The maximum Gasteiger partial charge on any atom is 0.193 e. The van der Waals surface area contributed by atoms with Gasteiger partial charge in [-0.15, -0.1) is 0 Å². The highest BCUT2D eigenvalue weighted by molar-refractivity contribution is 5.92. The Morgan fingerprint density at radius 1 is 1.10 bits per heavy atom. The molecule has 0 aliphatic carbocycles. The van der Waals surface area contributed by atoms with Crippen LogP contribution >= 0.6 is 0 Å². The zero-order valence-corrected chi connectivity index (χ0v) is 18.2. The SMILES string of the molecule is COc1ccc(NC(N)=NCCCN2CCN(C)CC2c2ccccc2)cc1OC. The van der Waals surface area contributed by atoms with Crippen LogP contribution in [0.2, 0.25) is 0 Å². The first-order valence-corrected chi connectivity index (χ1v) is 10.4. The summed E-state index contributed by atoms with van der Waals surface area (Å²) in [4.78, 5) is 9.45. The van der Waals surface area contributed by atoms with Gasteiger partial charge in [0.05, 0.1) is 14.2 Å². The Kier molecular flexibility index (Phi) is 7.93. The summed E-state index contributed by atoms with van der Waals surface area (Å²) in [5, 5.41) is 3.12. The molecule has 0 amide bonds. The fraction of sp³-hybridized carbons (Fsp3) is 0.435. The van der Waals surface area contributed by atoms with Gasteiger partial charge in [-0.25, -0.2) is 0 Å². The van der Waals surface area contributed by atoms with Gasteiger partial charge in [0.1, 0.15) is 0 Å². The summed E-state index contributed by atoms with van der Waals surface area (Å²) >= 11 is 0. The molecule has 162 valence electrons. The van der Waals surface area contributed by atoms with E-state index < -0.39 is 0 Å². The van der Waals surface area contributed by atoms with Crippen molar-refractivity contribution in [2.24, 2.45) is 10.7 Å². The quantitative estimate of drug-likeness (QED) is 0.395. The summed E-state index contributed by atoms with van der Waals surface area (Å²) < 4.78 is 10.6. The minimum Gasteiger partial charge on any atom is -0.493 e. The van der Waals surface area contributed by atoms with Gasteiger partial charge in [0.2, 0.25) is 0 Å². The Labute approximate surface area is 179 Å². The second-order valence-electron chi connectivity index (χ2n) is 7.54. The molecule has 1 aliphatic heterocycles. The number of ether oxygens (including phenoxy) is 2. The number of piperazine rings is 1. The van der Waals surface area contributed by atoms with Crippen molar-refractivity contribution in [3.63, 3.8) is 0 Å². The van der Waals surface area contributed by atoms with Gasteiger partial charge in [-0.3, -0.25) is 9.89 Å². The molecule has 7 nitrogen and oxygen atoms in total. The number of rotatable bonds is 8. The van der Waals surface area contributed by atoms with Gasteiger partial charge in [-0.05, 0) is 31.2 Å². The Hall–Kier alpha value is -2.77. The fourth-order valence-electron chi connectivity index (χ4n) is 3.79. The van der Waals surface area contributed by atoms with Crippen molar-refractivity contribution >= 4 is 11.6 Å². The van der Waals surface area contributed by atoms with Crippen LogP contribution in [0.3, 0.4) is 0 Å². The van der Waals surface area contributed by atoms with Crippen LogP contribution in [0.15, 0.2) is 53.5 Å². The minimum absolute atomic E-state index is 0.403. The third kappa shape index (κ3) is 5.87. The van der Waals surface area contributed by atoms with E-state index in [4.69, 9.17) is 15.2 Å². The van der Waals surface area contributed by atoms with Gasteiger partial charge in [0.15, 0.2) is 17.5 Å². The fourth-order valence-corrected chi connectivity index (χ4v) is 3.79. The van der Waals surface area contributed by atoms with Crippen LogP contribution in [0, 0.1) is 0 Å². The first-order chi connectivity index (χ1) is 14.6. The van der Waals surface area contributed by atoms with Gasteiger partial charge in [0, 0.05) is 50.5 Å². The Bertz CT molecular complexity index is 828. The van der Waals surface area contributed by atoms with Gasteiger partial charge < -0.3 is 25.4 Å². The van der Waals surface area contributed by atoms with Crippen molar-refractivity contribution in [1.29, 1.82) is 0 Å². The number of methoxy groups -OCH3 is 2. The van der Waals surface area contributed by atoms with Crippen LogP contribution in [0.4, 0.5) is 5.69 Å². The van der Waals surface area contributed by atoms with Crippen LogP contribution in [0.25, 0.3) is 0 Å². The average molecular weight is 412 g/mol.